The normalized spacial score (nSPS) is 22.0. The number of amides is 1. The smallest absolute Gasteiger partial charge is 0.227 e. The predicted octanol–water partition coefficient (Wildman–Crippen LogP) is 3.25. The van der Waals surface area contributed by atoms with E-state index in [1.54, 1.807) is 0 Å². The summed E-state index contributed by atoms with van der Waals surface area (Å²) >= 11 is 0. The van der Waals surface area contributed by atoms with Gasteiger partial charge in [-0.15, -0.1) is 0 Å². The van der Waals surface area contributed by atoms with Crippen LogP contribution >= 0.6 is 0 Å². The van der Waals surface area contributed by atoms with E-state index < -0.39 is 0 Å². The first kappa shape index (κ1) is 16.0. The zero-order chi connectivity index (χ0) is 15.2. The molecule has 2 rings (SSSR count). The molecule has 1 amide bonds. The number of rotatable bonds is 5. The maximum absolute atomic E-state index is 12.8. The molecule has 0 aromatic heterocycles. The maximum Gasteiger partial charge on any atom is 0.227 e. The van der Waals surface area contributed by atoms with Crippen LogP contribution in [-0.4, -0.2) is 23.4 Å². The van der Waals surface area contributed by atoms with Gasteiger partial charge in [-0.1, -0.05) is 49.6 Å². The molecular weight excluding hydrogens is 260 g/mol. The summed E-state index contributed by atoms with van der Waals surface area (Å²) in [6.45, 7) is 5.72. The Bertz CT molecular complexity index is 455. The van der Waals surface area contributed by atoms with Crippen LogP contribution in [0.5, 0.6) is 0 Å². The maximum atomic E-state index is 12.8. The van der Waals surface area contributed by atoms with Crippen LogP contribution in [0.3, 0.4) is 0 Å². The molecule has 3 heteroatoms. The molecule has 21 heavy (non-hydrogen) atoms. The predicted molar refractivity (Wildman–Crippen MR) is 86.8 cm³/mol. The molecule has 0 heterocycles. The summed E-state index contributed by atoms with van der Waals surface area (Å²) in [6.07, 6.45) is 5.22. The van der Waals surface area contributed by atoms with E-state index in [0.717, 1.165) is 38.6 Å². The molecule has 0 bridgehead atoms. The Morgan fingerprint density at radius 1 is 1.24 bits per heavy atom. The third-order valence-corrected chi connectivity index (χ3v) is 4.44. The van der Waals surface area contributed by atoms with Crippen LogP contribution in [0.15, 0.2) is 24.3 Å². The highest BCUT2D eigenvalue weighted by molar-refractivity contribution is 5.79. The van der Waals surface area contributed by atoms with Crippen LogP contribution in [0.4, 0.5) is 0 Å². The van der Waals surface area contributed by atoms with Gasteiger partial charge in [0.2, 0.25) is 5.91 Å². The SMILES string of the molecule is CCCN(Cc1ccc(C)cc1)C(=O)C1CCCCC1N. The van der Waals surface area contributed by atoms with Crippen LogP contribution in [0, 0.1) is 12.8 Å². The summed E-state index contributed by atoms with van der Waals surface area (Å²) in [5, 5.41) is 0. The van der Waals surface area contributed by atoms with Crippen molar-refractivity contribution >= 4 is 5.91 Å². The summed E-state index contributed by atoms with van der Waals surface area (Å²) < 4.78 is 0. The van der Waals surface area contributed by atoms with Gasteiger partial charge in [0, 0.05) is 19.1 Å². The molecule has 0 aliphatic heterocycles. The lowest BCUT2D eigenvalue weighted by Crippen LogP contribution is -2.45. The lowest BCUT2D eigenvalue weighted by Gasteiger charge is -2.33. The van der Waals surface area contributed by atoms with E-state index in [2.05, 4.69) is 38.1 Å². The number of carbonyl (C=O) groups is 1. The Balaban J connectivity index is 2.06. The largest absolute Gasteiger partial charge is 0.338 e. The Hall–Kier alpha value is -1.35. The highest BCUT2D eigenvalue weighted by Crippen LogP contribution is 2.25. The highest BCUT2D eigenvalue weighted by atomic mass is 16.2. The van der Waals surface area contributed by atoms with Gasteiger partial charge in [-0.3, -0.25) is 4.79 Å². The van der Waals surface area contributed by atoms with Crippen LogP contribution < -0.4 is 5.73 Å². The first-order chi connectivity index (χ1) is 10.1. The first-order valence-electron chi connectivity index (χ1n) is 8.21. The molecule has 2 unspecified atom stereocenters. The van der Waals surface area contributed by atoms with Crippen molar-refractivity contribution < 1.29 is 4.79 Å². The minimum Gasteiger partial charge on any atom is -0.338 e. The van der Waals surface area contributed by atoms with Crippen LogP contribution in [-0.2, 0) is 11.3 Å². The van der Waals surface area contributed by atoms with E-state index >= 15 is 0 Å². The molecule has 1 aliphatic rings. The molecule has 0 radical (unpaired) electrons. The van der Waals surface area contributed by atoms with E-state index in [1.807, 2.05) is 4.90 Å². The monoisotopic (exact) mass is 288 g/mol. The minimum absolute atomic E-state index is 0.0238. The minimum atomic E-state index is 0.0238. The van der Waals surface area contributed by atoms with Crippen molar-refractivity contribution in [3.05, 3.63) is 35.4 Å². The Labute approximate surface area is 128 Å². The van der Waals surface area contributed by atoms with Crippen LogP contribution in [0.2, 0.25) is 0 Å². The molecule has 1 aliphatic carbocycles. The number of hydrogen-bond donors (Lipinski definition) is 1. The highest BCUT2D eigenvalue weighted by Gasteiger charge is 2.31. The Morgan fingerprint density at radius 2 is 1.90 bits per heavy atom. The summed E-state index contributed by atoms with van der Waals surface area (Å²) in [5.74, 6) is 0.278. The second-order valence-electron chi connectivity index (χ2n) is 6.30. The van der Waals surface area contributed by atoms with Crippen LogP contribution in [0.1, 0.15) is 50.2 Å². The molecule has 0 spiro atoms. The third-order valence-electron chi connectivity index (χ3n) is 4.44. The van der Waals surface area contributed by atoms with Gasteiger partial charge in [0.25, 0.3) is 0 Å². The summed E-state index contributed by atoms with van der Waals surface area (Å²) in [5.41, 5.74) is 8.63. The number of hydrogen-bond acceptors (Lipinski definition) is 2. The summed E-state index contributed by atoms with van der Waals surface area (Å²) in [4.78, 5) is 14.8. The van der Waals surface area contributed by atoms with Gasteiger partial charge in [-0.2, -0.15) is 0 Å². The molecule has 116 valence electrons. The molecule has 1 fully saturated rings. The number of nitrogens with zero attached hydrogens (tertiary/aromatic N) is 1. The van der Waals surface area contributed by atoms with Gasteiger partial charge < -0.3 is 10.6 Å². The van der Waals surface area contributed by atoms with Crippen molar-refractivity contribution in [3.8, 4) is 0 Å². The van der Waals surface area contributed by atoms with Crippen molar-refractivity contribution in [3.63, 3.8) is 0 Å². The number of carbonyl (C=O) groups excluding carboxylic acids is 1. The number of aryl methyl sites for hydroxylation is 1. The van der Waals surface area contributed by atoms with Crippen molar-refractivity contribution in [1.82, 2.24) is 4.90 Å². The molecule has 1 aromatic rings. The van der Waals surface area contributed by atoms with E-state index in [9.17, 15) is 4.79 Å². The number of nitrogens with two attached hydrogens (primary N) is 1. The average molecular weight is 288 g/mol. The second kappa shape index (κ2) is 7.60. The van der Waals surface area contributed by atoms with Crippen molar-refractivity contribution in [1.29, 1.82) is 0 Å². The molecule has 1 aromatic carbocycles. The second-order valence-corrected chi connectivity index (χ2v) is 6.30. The Kier molecular flexibility index (Phi) is 5.80. The van der Waals surface area contributed by atoms with Gasteiger partial charge in [0.05, 0.1) is 5.92 Å². The van der Waals surface area contributed by atoms with Gasteiger partial charge in [-0.25, -0.2) is 0 Å². The zero-order valence-electron chi connectivity index (χ0n) is 13.3. The lowest BCUT2D eigenvalue weighted by atomic mass is 9.84. The van der Waals surface area contributed by atoms with Crippen LogP contribution in [0.25, 0.3) is 0 Å². The van der Waals surface area contributed by atoms with Crippen molar-refractivity contribution in [2.75, 3.05) is 6.54 Å². The van der Waals surface area contributed by atoms with E-state index in [1.165, 1.54) is 11.1 Å². The molecule has 1 saturated carbocycles. The topological polar surface area (TPSA) is 46.3 Å². The zero-order valence-corrected chi connectivity index (χ0v) is 13.3. The van der Waals surface area contributed by atoms with Gasteiger partial charge >= 0.3 is 0 Å². The molecular formula is C18H28N2O. The quantitative estimate of drug-likeness (QED) is 0.904. The van der Waals surface area contributed by atoms with Crippen molar-refractivity contribution in [2.45, 2.75) is 58.5 Å². The Morgan fingerprint density at radius 3 is 2.52 bits per heavy atom. The molecule has 2 N–H and O–H groups in total. The van der Waals surface area contributed by atoms with Crippen molar-refractivity contribution in [2.24, 2.45) is 11.7 Å². The van der Waals surface area contributed by atoms with Gasteiger partial charge in [0.15, 0.2) is 0 Å². The van der Waals surface area contributed by atoms with E-state index in [0.29, 0.717) is 6.54 Å². The fourth-order valence-corrected chi connectivity index (χ4v) is 3.15. The fraction of sp³-hybridized carbons (Fsp3) is 0.611. The van der Waals surface area contributed by atoms with Gasteiger partial charge in [-0.05, 0) is 31.7 Å². The number of benzene rings is 1. The average Bonchev–Trinajstić information content (AvgIpc) is 2.49. The standard InChI is InChI=1S/C18H28N2O/c1-3-12-20(13-15-10-8-14(2)9-11-15)18(21)16-6-4-5-7-17(16)19/h8-11,16-17H,3-7,12-13,19H2,1-2H3. The lowest BCUT2D eigenvalue weighted by molar-refractivity contribution is -0.137. The van der Waals surface area contributed by atoms with E-state index in [4.69, 9.17) is 5.73 Å². The molecule has 2 atom stereocenters. The first-order valence-corrected chi connectivity index (χ1v) is 8.21. The molecule has 3 nitrogen and oxygen atoms in total. The summed E-state index contributed by atoms with van der Waals surface area (Å²) in [7, 11) is 0. The van der Waals surface area contributed by atoms with E-state index in [-0.39, 0.29) is 17.9 Å². The fourth-order valence-electron chi connectivity index (χ4n) is 3.15. The summed E-state index contributed by atoms with van der Waals surface area (Å²) in [6, 6.07) is 8.49. The van der Waals surface area contributed by atoms with Gasteiger partial charge in [0.1, 0.15) is 0 Å². The molecule has 0 saturated heterocycles. The third kappa shape index (κ3) is 4.31.